The van der Waals surface area contributed by atoms with Crippen molar-refractivity contribution in [1.29, 1.82) is 0 Å². The molecule has 1 saturated heterocycles. The lowest BCUT2D eigenvalue weighted by atomic mass is 10.1. The third kappa shape index (κ3) is 4.33. The van der Waals surface area contributed by atoms with Crippen molar-refractivity contribution in [2.24, 2.45) is 7.05 Å². The summed E-state index contributed by atoms with van der Waals surface area (Å²) in [6, 6.07) is 5.49. The summed E-state index contributed by atoms with van der Waals surface area (Å²) in [5.74, 6) is 1.47. The molecule has 8 heteroatoms. The van der Waals surface area contributed by atoms with Gasteiger partial charge >= 0.3 is 0 Å². The molecule has 0 aliphatic carbocycles. The predicted octanol–water partition coefficient (Wildman–Crippen LogP) is 1.09. The molecule has 1 aliphatic rings. The van der Waals surface area contributed by atoms with E-state index in [0.29, 0.717) is 0 Å². The molecule has 2 unspecified atom stereocenters. The van der Waals surface area contributed by atoms with Crippen molar-refractivity contribution in [1.82, 2.24) is 20.4 Å². The number of benzene rings is 1. The van der Waals surface area contributed by atoms with E-state index in [1.54, 1.807) is 32.1 Å². The minimum Gasteiger partial charge on any atom is -0.497 e. The minimum atomic E-state index is -0.412. The number of likely N-dealkylation sites (N-methyl/N-ethyl adjacent to an activating group) is 1. The Morgan fingerprint density at radius 2 is 1.96 bits per heavy atom. The van der Waals surface area contributed by atoms with E-state index in [4.69, 9.17) is 9.47 Å². The summed E-state index contributed by atoms with van der Waals surface area (Å²) in [4.78, 5) is 14.9. The van der Waals surface area contributed by atoms with E-state index in [1.165, 1.54) is 0 Å². The van der Waals surface area contributed by atoms with Crippen molar-refractivity contribution in [3.8, 4) is 11.5 Å². The van der Waals surface area contributed by atoms with Gasteiger partial charge in [0.1, 0.15) is 17.5 Å². The molecule has 8 nitrogen and oxygen atoms in total. The lowest BCUT2D eigenvalue weighted by Gasteiger charge is -2.22. The minimum absolute atomic E-state index is 0.0411. The highest BCUT2D eigenvalue weighted by molar-refractivity contribution is 5.83. The van der Waals surface area contributed by atoms with Crippen LogP contribution in [0.5, 0.6) is 11.5 Å². The second kappa shape index (κ2) is 8.30. The molecule has 2 N–H and O–H groups in total. The fraction of sp³-hybridized carbons (Fsp3) is 0.474. The number of ether oxygens (including phenoxy) is 2. The number of carbonyl (C=O) groups excluding carboxylic acids is 1. The van der Waals surface area contributed by atoms with Crippen LogP contribution in [0.25, 0.3) is 0 Å². The predicted molar refractivity (Wildman–Crippen MR) is 103 cm³/mol. The van der Waals surface area contributed by atoms with Crippen molar-refractivity contribution < 1.29 is 14.3 Å². The first kappa shape index (κ1) is 19.0. The van der Waals surface area contributed by atoms with Crippen LogP contribution in [0.3, 0.4) is 0 Å². The van der Waals surface area contributed by atoms with E-state index in [9.17, 15) is 4.79 Å². The van der Waals surface area contributed by atoms with Crippen LogP contribution >= 0.6 is 0 Å². The number of hydrogen-bond acceptors (Lipinski definition) is 6. The molecule has 2 atom stereocenters. The zero-order chi connectivity index (χ0) is 19.4. The van der Waals surface area contributed by atoms with Crippen LogP contribution < -0.4 is 25.0 Å². The van der Waals surface area contributed by atoms with E-state index < -0.39 is 6.04 Å². The summed E-state index contributed by atoms with van der Waals surface area (Å²) in [6.07, 6.45) is 4.45. The molecular weight excluding hydrogens is 346 g/mol. The largest absolute Gasteiger partial charge is 0.497 e. The lowest BCUT2D eigenvalue weighted by molar-refractivity contribution is -0.123. The number of hydrogen-bond donors (Lipinski definition) is 2. The number of amides is 1. The number of aromatic nitrogens is 2. The van der Waals surface area contributed by atoms with Gasteiger partial charge in [-0.1, -0.05) is 0 Å². The second-order valence-corrected chi connectivity index (χ2v) is 6.68. The molecule has 2 heterocycles. The first-order valence-electron chi connectivity index (χ1n) is 8.98. The Bertz CT molecular complexity index is 769. The second-order valence-electron chi connectivity index (χ2n) is 6.68. The smallest absolute Gasteiger partial charge is 0.242 e. The molecule has 0 bridgehead atoms. The molecule has 27 heavy (non-hydrogen) atoms. The highest BCUT2D eigenvalue weighted by Gasteiger charge is 2.28. The number of carbonyl (C=O) groups is 1. The molecule has 1 amide bonds. The summed E-state index contributed by atoms with van der Waals surface area (Å²) in [5.41, 5.74) is 1.88. The van der Waals surface area contributed by atoms with Gasteiger partial charge in [-0.15, -0.1) is 0 Å². The van der Waals surface area contributed by atoms with Gasteiger partial charge in [0, 0.05) is 61.8 Å². The van der Waals surface area contributed by atoms with E-state index in [1.807, 2.05) is 31.4 Å². The van der Waals surface area contributed by atoms with E-state index in [-0.39, 0.29) is 11.9 Å². The monoisotopic (exact) mass is 373 g/mol. The zero-order valence-electron chi connectivity index (χ0n) is 16.2. The van der Waals surface area contributed by atoms with Crippen LogP contribution in [0.1, 0.15) is 18.0 Å². The number of rotatable bonds is 7. The highest BCUT2D eigenvalue weighted by atomic mass is 16.5. The molecule has 1 aromatic carbocycles. The summed E-state index contributed by atoms with van der Waals surface area (Å²) in [6.45, 7) is 1.60. The van der Waals surface area contributed by atoms with Crippen LogP contribution in [-0.4, -0.2) is 56.1 Å². The van der Waals surface area contributed by atoms with Gasteiger partial charge in [-0.25, -0.2) is 0 Å². The summed E-state index contributed by atoms with van der Waals surface area (Å²) < 4.78 is 12.4. The Balaban J connectivity index is 1.65. The van der Waals surface area contributed by atoms with Gasteiger partial charge in [0.15, 0.2) is 0 Å². The Morgan fingerprint density at radius 1 is 1.26 bits per heavy atom. The first-order chi connectivity index (χ1) is 13.0. The molecular formula is C19H27N5O3. The molecule has 2 aromatic rings. The average molecular weight is 373 g/mol. The van der Waals surface area contributed by atoms with E-state index in [0.717, 1.165) is 42.3 Å². The summed E-state index contributed by atoms with van der Waals surface area (Å²) in [7, 11) is 6.90. The zero-order valence-corrected chi connectivity index (χ0v) is 16.2. The van der Waals surface area contributed by atoms with Gasteiger partial charge < -0.3 is 25.0 Å². The summed E-state index contributed by atoms with van der Waals surface area (Å²) >= 11 is 0. The van der Waals surface area contributed by atoms with Gasteiger partial charge in [0.25, 0.3) is 0 Å². The molecule has 1 aliphatic heterocycles. The Labute approximate surface area is 159 Å². The van der Waals surface area contributed by atoms with Crippen molar-refractivity contribution in [3.63, 3.8) is 0 Å². The highest BCUT2D eigenvalue weighted by Crippen LogP contribution is 2.30. The van der Waals surface area contributed by atoms with Gasteiger partial charge in [0.2, 0.25) is 5.91 Å². The van der Waals surface area contributed by atoms with Crippen LogP contribution in [0.4, 0.5) is 5.69 Å². The number of nitrogens with one attached hydrogen (secondary N) is 2. The molecule has 0 spiro atoms. The van der Waals surface area contributed by atoms with Gasteiger partial charge in [-0.2, -0.15) is 5.10 Å². The maximum absolute atomic E-state index is 12.7. The molecule has 0 radical (unpaired) electrons. The third-order valence-electron chi connectivity index (χ3n) is 4.85. The Kier molecular flexibility index (Phi) is 5.85. The van der Waals surface area contributed by atoms with Gasteiger partial charge in [-0.3, -0.25) is 9.48 Å². The van der Waals surface area contributed by atoms with Crippen LogP contribution in [0.15, 0.2) is 30.6 Å². The van der Waals surface area contributed by atoms with E-state index in [2.05, 4.69) is 20.6 Å². The maximum atomic E-state index is 12.7. The summed E-state index contributed by atoms with van der Waals surface area (Å²) in [5, 5.41) is 10.4. The first-order valence-corrected chi connectivity index (χ1v) is 8.98. The van der Waals surface area contributed by atoms with Crippen LogP contribution in [0, 0.1) is 0 Å². The molecule has 1 fully saturated rings. The maximum Gasteiger partial charge on any atom is 0.242 e. The molecule has 1 aromatic heterocycles. The SMILES string of the molecule is CNC(C(=O)NC1CCN(c2cc(OC)cc(OC)c2)C1)c1cnn(C)c1. The lowest BCUT2D eigenvalue weighted by Crippen LogP contribution is -2.43. The third-order valence-corrected chi connectivity index (χ3v) is 4.85. The normalized spacial score (nSPS) is 17.6. The van der Waals surface area contributed by atoms with Crippen molar-refractivity contribution in [2.75, 3.05) is 39.3 Å². The molecule has 0 saturated carbocycles. The number of anilines is 1. The fourth-order valence-electron chi connectivity index (χ4n) is 3.41. The standard InChI is InChI=1S/C19H27N5O3/c1-20-18(13-10-21-23(2)11-13)19(25)22-14-5-6-24(12-14)15-7-16(26-3)9-17(8-15)27-4/h7-11,14,18,20H,5-6,12H2,1-4H3,(H,22,25). The Hall–Kier alpha value is -2.74. The Morgan fingerprint density at radius 3 is 2.52 bits per heavy atom. The quantitative estimate of drug-likeness (QED) is 0.756. The molecule has 146 valence electrons. The van der Waals surface area contributed by atoms with Crippen molar-refractivity contribution in [3.05, 3.63) is 36.2 Å². The fourth-order valence-corrected chi connectivity index (χ4v) is 3.41. The van der Waals surface area contributed by atoms with Crippen molar-refractivity contribution in [2.45, 2.75) is 18.5 Å². The van der Waals surface area contributed by atoms with Gasteiger partial charge in [0.05, 0.1) is 20.4 Å². The number of nitrogens with zero attached hydrogens (tertiary/aromatic N) is 3. The van der Waals surface area contributed by atoms with Crippen molar-refractivity contribution >= 4 is 11.6 Å². The molecule has 3 rings (SSSR count). The van der Waals surface area contributed by atoms with Crippen LogP contribution in [0.2, 0.25) is 0 Å². The number of aryl methyl sites for hydroxylation is 1. The van der Waals surface area contributed by atoms with E-state index >= 15 is 0 Å². The average Bonchev–Trinajstić information content (AvgIpc) is 3.31. The van der Waals surface area contributed by atoms with Crippen LogP contribution in [-0.2, 0) is 11.8 Å². The number of methoxy groups -OCH3 is 2. The van der Waals surface area contributed by atoms with Gasteiger partial charge in [-0.05, 0) is 13.5 Å². The topological polar surface area (TPSA) is 80.7 Å².